The first-order chi connectivity index (χ1) is 9.30. The normalized spacial score (nSPS) is 12.4. The number of rotatable bonds is 6. The molecule has 2 heterocycles. The molecular formula is C13H19N5O. The molecule has 0 spiro atoms. The van der Waals surface area contributed by atoms with Gasteiger partial charge in [-0.3, -0.25) is 4.68 Å². The Balaban J connectivity index is 2.35. The minimum Gasteiger partial charge on any atom is -0.481 e. The Kier molecular flexibility index (Phi) is 4.46. The summed E-state index contributed by atoms with van der Waals surface area (Å²) in [7, 11) is 3.50. The summed E-state index contributed by atoms with van der Waals surface area (Å²) in [6, 6.07) is 3.82. The van der Waals surface area contributed by atoms with E-state index in [1.807, 2.05) is 30.1 Å². The summed E-state index contributed by atoms with van der Waals surface area (Å²) in [5.74, 6) is 0.562. The number of nitrogens with one attached hydrogen (secondary N) is 1. The van der Waals surface area contributed by atoms with Crippen LogP contribution in [0.4, 0.5) is 0 Å². The molecule has 0 aliphatic rings. The van der Waals surface area contributed by atoms with Gasteiger partial charge in [-0.25, -0.2) is 9.97 Å². The van der Waals surface area contributed by atoms with E-state index in [0.29, 0.717) is 5.88 Å². The lowest BCUT2D eigenvalue weighted by Gasteiger charge is -2.17. The van der Waals surface area contributed by atoms with E-state index < -0.39 is 0 Å². The minimum atomic E-state index is -0.0223. The molecule has 1 N–H and O–H groups in total. The zero-order valence-corrected chi connectivity index (χ0v) is 11.5. The summed E-state index contributed by atoms with van der Waals surface area (Å²) in [4.78, 5) is 8.35. The van der Waals surface area contributed by atoms with Crippen LogP contribution in [0, 0.1) is 0 Å². The maximum absolute atomic E-state index is 5.14. The van der Waals surface area contributed by atoms with Gasteiger partial charge in [0.05, 0.1) is 24.5 Å². The predicted molar refractivity (Wildman–Crippen MR) is 72.0 cm³/mol. The smallest absolute Gasteiger partial charge is 0.216 e. The van der Waals surface area contributed by atoms with E-state index in [9.17, 15) is 0 Å². The van der Waals surface area contributed by atoms with Crippen molar-refractivity contribution in [2.75, 3.05) is 14.2 Å². The van der Waals surface area contributed by atoms with Gasteiger partial charge in [0.1, 0.15) is 6.33 Å². The number of nitrogens with zero attached hydrogens (tertiary/aromatic N) is 4. The van der Waals surface area contributed by atoms with Crippen molar-refractivity contribution in [3.05, 3.63) is 36.0 Å². The number of methoxy groups -OCH3 is 1. The SMILES string of the molecule is CCCn1nccc1C(NC)c1cc(OC)ncn1. The highest BCUT2D eigenvalue weighted by molar-refractivity contribution is 5.24. The quantitative estimate of drug-likeness (QED) is 0.851. The molecule has 0 aliphatic heterocycles. The monoisotopic (exact) mass is 261 g/mol. The lowest BCUT2D eigenvalue weighted by Crippen LogP contribution is -2.22. The van der Waals surface area contributed by atoms with Crippen LogP contribution in [0.25, 0.3) is 0 Å². The van der Waals surface area contributed by atoms with Crippen molar-refractivity contribution in [3.8, 4) is 5.88 Å². The second-order valence-corrected chi connectivity index (χ2v) is 4.19. The van der Waals surface area contributed by atoms with Crippen molar-refractivity contribution in [1.82, 2.24) is 25.1 Å². The zero-order chi connectivity index (χ0) is 13.7. The Morgan fingerprint density at radius 3 is 2.95 bits per heavy atom. The molecule has 0 aliphatic carbocycles. The summed E-state index contributed by atoms with van der Waals surface area (Å²) in [6.07, 6.45) is 4.37. The number of hydrogen-bond acceptors (Lipinski definition) is 5. The van der Waals surface area contributed by atoms with E-state index >= 15 is 0 Å². The van der Waals surface area contributed by atoms with Crippen LogP contribution in [-0.2, 0) is 6.54 Å². The molecule has 0 radical (unpaired) electrons. The second-order valence-electron chi connectivity index (χ2n) is 4.19. The van der Waals surface area contributed by atoms with Crippen molar-refractivity contribution in [2.24, 2.45) is 0 Å². The fourth-order valence-electron chi connectivity index (χ4n) is 2.06. The van der Waals surface area contributed by atoms with Gasteiger partial charge < -0.3 is 10.1 Å². The molecule has 0 fully saturated rings. The highest BCUT2D eigenvalue weighted by Gasteiger charge is 2.18. The van der Waals surface area contributed by atoms with Crippen LogP contribution in [0.15, 0.2) is 24.7 Å². The molecule has 6 nitrogen and oxygen atoms in total. The Morgan fingerprint density at radius 2 is 2.26 bits per heavy atom. The molecule has 2 aromatic heterocycles. The van der Waals surface area contributed by atoms with E-state index in [2.05, 4.69) is 27.3 Å². The molecule has 102 valence electrons. The Morgan fingerprint density at radius 1 is 1.42 bits per heavy atom. The van der Waals surface area contributed by atoms with Gasteiger partial charge in [-0.1, -0.05) is 6.92 Å². The lowest BCUT2D eigenvalue weighted by atomic mass is 10.1. The fourth-order valence-corrected chi connectivity index (χ4v) is 2.06. The summed E-state index contributed by atoms with van der Waals surface area (Å²) in [5, 5.41) is 7.61. The summed E-state index contributed by atoms with van der Waals surface area (Å²) in [6.45, 7) is 3.02. The standard InChI is InChI=1S/C13H19N5O/c1-4-7-18-11(5-6-17-18)13(14-2)10-8-12(19-3)16-9-15-10/h5-6,8-9,13-14H,4,7H2,1-3H3. The fraction of sp³-hybridized carbons (Fsp3) is 0.462. The maximum Gasteiger partial charge on any atom is 0.216 e. The number of aromatic nitrogens is 4. The first-order valence-electron chi connectivity index (χ1n) is 6.35. The van der Waals surface area contributed by atoms with Crippen LogP contribution in [0.1, 0.15) is 30.8 Å². The van der Waals surface area contributed by atoms with Crippen molar-refractivity contribution in [3.63, 3.8) is 0 Å². The van der Waals surface area contributed by atoms with Gasteiger partial charge in [-0.05, 0) is 19.5 Å². The molecule has 0 aromatic carbocycles. The maximum atomic E-state index is 5.14. The van der Waals surface area contributed by atoms with Crippen molar-refractivity contribution in [2.45, 2.75) is 25.9 Å². The molecule has 2 aromatic rings. The molecular weight excluding hydrogens is 242 g/mol. The average Bonchev–Trinajstić information content (AvgIpc) is 2.89. The summed E-state index contributed by atoms with van der Waals surface area (Å²) >= 11 is 0. The van der Waals surface area contributed by atoms with Crippen LogP contribution in [-0.4, -0.2) is 33.9 Å². The van der Waals surface area contributed by atoms with E-state index in [-0.39, 0.29) is 6.04 Å². The average molecular weight is 261 g/mol. The van der Waals surface area contributed by atoms with Gasteiger partial charge in [0.25, 0.3) is 0 Å². The van der Waals surface area contributed by atoms with Crippen LogP contribution < -0.4 is 10.1 Å². The molecule has 6 heteroatoms. The zero-order valence-electron chi connectivity index (χ0n) is 11.5. The topological polar surface area (TPSA) is 64.9 Å². The Hall–Kier alpha value is -1.95. The summed E-state index contributed by atoms with van der Waals surface area (Å²) in [5.41, 5.74) is 1.96. The van der Waals surface area contributed by atoms with E-state index in [4.69, 9.17) is 4.74 Å². The van der Waals surface area contributed by atoms with Gasteiger partial charge in [-0.2, -0.15) is 5.10 Å². The first kappa shape index (κ1) is 13.5. The lowest BCUT2D eigenvalue weighted by molar-refractivity contribution is 0.394. The van der Waals surface area contributed by atoms with Crippen molar-refractivity contribution < 1.29 is 4.74 Å². The summed E-state index contributed by atoms with van der Waals surface area (Å²) < 4.78 is 7.14. The predicted octanol–water partition coefficient (Wildman–Crippen LogP) is 1.40. The molecule has 0 saturated carbocycles. The minimum absolute atomic E-state index is 0.0223. The van der Waals surface area contributed by atoms with Gasteiger partial charge >= 0.3 is 0 Å². The molecule has 1 unspecified atom stereocenters. The highest BCUT2D eigenvalue weighted by Crippen LogP contribution is 2.21. The molecule has 2 rings (SSSR count). The second kappa shape index (κ2) is 6.29. The molecule has 0 amide bonds. The molecule has 19 heavy (non-hydrogen) atoms. The van der Waals surface area contributed by atoms with Crippen molar-refractivity contribution in [1.29, 1.82) is 0 Å². The van der Waals surface area contributed by atoms with Crippen LogP contribution in [0.5, 0.6) is 5.88 Å². The molecule has 0 bridgehead atoms. The number of aryl methyl sites for hydroxylation is 1. The van der Waals surface area contributed by atoms with E-state index in [1.165, 1.54) is 6.33 Å². The highest BCUT2D eigenvalue weighted by atomic mass is 16.5. The molecule has 1 atom stereocenters. The third-order valence-corrected chi connectivity index (χ3v) is 2.94. The van der Waals surface area contributed by atoms with E-state index in [1.54, 1.807) is 7.11 Å². The van der Waals surface area contributed by atoms with Crippen LogP contribution in [0.2, 0.25) is 0 Å². The van der Waals surface area contributed by atoms with E-state index in [0.717, 1.165) is 24.4 Å². The first-order valence-corrected chi connectivity index (χ1v) is 6.35. The van der Waals surface area contributed by atoms with Crippen molar-refractivity contribution >= 4 is 0 Å². The van der Waals surface area contributed by atoms with Gasteiger partial charge in [0, 0.05) is 18.8 Å². The van der Waals surface area contributed by atoms with Gasteiger partial charge in [-0.15, -0.1) is 0 Å². The third kappa shape index (κ3) is 2.90. The Labute approximate surface area is 112 Å². The third-order valence-electron chi connectivity index (χ3n) is 2.94. The largest absolute Gasteiger partial charge is 0.481 e. The molecule has 0 saturated heterocycles. The Bertz CT molecular complexity index is 525. The van der Waals surface area contributed by atoms with Gasteiger partial charge in [0.15, 0.2) is 0 Å². The number of hydrogen-bond donors (Lipinski definition) is 1. The van der Waals surface area contributed by atoms with Crippen LogP contribution >= 0.6 is 0 Å². The van der Waals surface area contributed by atoms with Crippen LogP contribution in [0.3, 0.4) is 0 Å². The number of ether oxygens (including phenoxy) is 1. The van der Waals surface area contributed by atoms with Gasteiger partial charge in [0.2, 0.25) is 5.88 Å².